The van der Waals surface area contributed by atoms with Crippen LogP contribution in [0.2, 0.25) is 0 Å². The topological polar surface area (TPSA) is 41.6 Å². The molecule has 2 heterocycles. The third kappa shape index (κ3) is 3.10. The molecule has 0 saturated carbocycles. The molecule has 1 N–H and O–H groups in total. The predicted octanol–water partition coefficient (Wildman–Crippen LogP) is 1.56. The maximum atomic E-state index is 12.8. The lowest BCUT2D eigenvalue weighted by atomic mass is 10.1. The Hall–Kier alpha value is -1.62. The summed E-state index contributed by atoms with van der Waals surface area (Å²) >= 11 is 0. The number of nitrogens with one attached hydrogen (secondary N) is 1. The van der Waals surface area contributed by atoms with Crippen molar-refractivity contribution in [2.45, 2.75) is 31.3 Å². The monoisotopic (exact) mass is 278 g/mol. The third-order valence-electron chi connectivity index (χ3n) is 4.05. The number of fused-ring (bicyclic) bond motifs is 2. The van der Waals surface area contributed by atoms with Gasteiger partial charge in [-0.2, -0.15) is 0 Å². The second kappa shape index (κ2) is 5.79. The minimum atomic E-state index is -0.307. The van der Waals surface area contributed by atoms with E-state index in [1.165, 1.54) is 30.7 Å². The molecule has 2 atom stereocenters. The van der Waals surface area contributed by atoms with Gasteiger partial charge in [0.1, 0.15) is 11.6 Å². The quantitative estimate of drug-likeness (QED) is 0.912. The fourth-order valence-corrected chi connectivity index (χ4v) is 2.94. The lowest BCUT2D eigenvalue weighted by Gasteiger charge is -2.24. The largest absolute Gasteiger partial charge is 0.484 e. The third-order valence-corrected chi connectivity index (χ3v) is 4.05. The van der Waals surface area contributed by atoms with E-state index in [4.69, 9.17) is 4.74 Å². The number of halogens is 1. The Morgan fingerprint density at radius 3 is 2.80 bits per heavy atom. The summed E-state index contributed by atoms with van der Waals surface area (Å²) in [5.74, 6) is 0.219. The number of benzene rings is 1. The zero-order valence-electron chi connectivity index (χ0n) is 11.3. The van der Waals surface area contributed by atoms with Gasteiger partial charge in [0.15, 0.2) is 6.61 Å². The highest BCUT2D eigenvalue weighted by Gasteiger charge is 2.31. The van der Waals surface area contributed by atoms with E-state index in [9.17, 15) is 9.18 Å². The van der Waals surface area contributed by atoms with Crippen molar-refractivity contribution in [2.75, 3.05) is 19.7 Å². The molecule has 1 aromatic rings. The van der Waals surface area contributed by atoms with E-state index in [2.05, 4.69) is 5.32 Å². The van der Waals surface area contributed by atoms with Gasteiger partial charge in [-0.25, -0.2) is 4.39 Å². The van der Waals surface area contributed by atoms with Crippen LogP contribution in [-0.4, -0.2) is 42.6 Å². The lowest BCUT2D eigenvalue weighted by molar-refractivity contribution is -0.133. The number of ether oxygens (including phenoxy) is 1. The van der Waals surface area contributed by atoms with Crippen molar-refractivity contribution >= 4 is 5.91 Å². The van der Waals surface area contributed by atoms with Gasteiger partial charge in [-0.1, -0.05) is 0 Å². The fraction of sp³-hybridized carbons (Fsp3) is 0.533. The Labute approximate surface area is 117 Å². The number of hydrogen-bond donors (Lipinski definition) is 1. The summed E-state index contributed by atoms with van der Waals surface area (Å²) in [6, 6.07) is 6.72. The van der Waals surface area contributed by atoms with Crippen LogP contribution in [0.1, 0.15) is 19.3 Å². The molecule has 1 amide bonds. The number of carbonyl (C=O) groups is 1. The SMILES string of the molecule is O=C(COc1ccc(F)cc1)N1CCC2CCC(C1)N2. The molecule has 0 aliphatic carbocycles. The molecule has 2 unspecified atom stereocenters. The van der Waals surface area contributed by atoms with Crippen LogP contribution in [-0.2, 0) is 4.79 Å². The van der Waals surface area contributed by atoms with Gasteiger partial charge in [0.2, 0.25) is 0 Å². The number of likely N-dealkylation sites (tertiary alicyclic amines) is 1. The van der Waals surface area contributed by atoms with E-state index in [1.807, 2.05) is 4.90 Å². The van der Waals surface area contributed by atoms with Gasteiger partial charge in [0.25, 0.3) is 5.91 Å². The van der Waals surface area contributed by atoms with Gasteiger partial charge in [-0.05, 0) is 43.5 Å². The minimum Gasteiger partial charge on any atom is -0.484 e. The van der Waals surface area contributed by atoms with Crippen molar-refractivity contribution in [1.29, 1.82) is 0 Å². The van der Waals surface area contributed by atoms with Crippen LogP contribution in [0, 0.1) is 5.82 Å². The molecule has 1 aromatic carbocycles. The van der Waals surface area contributed by atoms with E-state index in [-0.39, 0.29) is 18.3 Å². The van der Waals surface area contributed by atoms with Crippen LogP contribution >= 0.6 is 0 Å². The van der Waals surface area contributed by atoms with Gasteiger partial charge in [0.05, 0.1) is 0 Å². The number of amides is 1. The first kappa shape index (κ1) is 13.4. The Balaban J connectivity index is 1.52. The maximum absolute atomic E-state index is 12.8. The van der Waals surface area contributed by atoms with Crippen molar-refractivity contribution in [1.82, 2.24) is 10.2 Å². The van der Waals surface area contributed by atoms with Gasteiger partial charge in [-0.3, -0.25) is 4.79 Å². The van der Waals surface area contributed by atoms with Crippen molar-refractivity contribution in [3.63, 3.8) is 0 Å². The summed E-state index contributed by atoms with van der Waals surface area (Å²) in [5.41, 5.74) is 0. The average Bonchev–Trinajstić information content (AvgIpc) is 2.77. The second-order valence-corrected chi connectivity index (χ2v) is 5.51. The van der Waals surface area contributed by atoms with E-state index in [0.29, 0.717) is 17.8 Å². The molecule has 4 nitrogen and oxygen atoms in total. The lowest BCUT2D eigenvalue weighted by Crippen LogP contribution is -2.41. The van der Waals surface area contributed by atoms with E-state index < -0.39 is 0 Å². The molecular weight excluding hydrogens is 259 g/mol. The molecule has 2 aliphatic rings. The van der Waals surface area contributed by atoms with E-state index in [1.54, 1.807) is 0 Å². The van der Waals surface area contributed by atoms with Gasteiger partial charge in [-0.15, -0.1) is 0 Å². The van der Waals surface area contributed by atoms with E-state index >= 15 is 0 Å². The summed E-state index contributed by atoms with van der Waals surface area (Å²) in [6.07, 6.45) is 3.38. The summed E-state index contributed by atoms with van der Waals surface area (Å²) in [5, 5.41) is 3.54. The summed E-state index contributed by atoms with van der Waals surface area (Å²) < 4.78 is 18.2. The number of rotatable bonds is 3. The molecule has 2 fully saturated rings. The molecule has 0 spiro atoms. The highest BCUT2D eigenvalue weighted by atomic mass is 19.1. The molecule has 108 valence electrons. The molecule has 2 saturated heterocycles. The molecule has 0 aromatic heterocycles. The van der Waals surface area contributed by atoms with E-state index in [0.717, 1.165) is 25.9 Å². The second-order valence-electron chi connectivity index (χ2n) is 5.51. The molecule has 20 heavy (non-hydrogen) atoms. The Morgan fingerprint density at radius 1 is 1.25 bits per heavy atom. The smallest absolute Gasteiger partial charge is 0.260 e. The van der Waals surface area contributed by atoms with Crippen LogP contribution in [0.15, 0.2) is 24.3 Å². The van der Waals surface area contributed by atoms with Crippen molar-refractivity contribution in [3.8, 4) is 5.75 Å². The fourth-order valence-electron chi connectivity index (χ4n) is 2.94. The molecule has 2 aliphatic heterocycles. The van der Waals surface area contributed by atoms with Crippen molar-refractivity contribution in [2.24, 2.45) is 0 Å². The predicted molar refractivity (Wildman–Crippen MR) is 73.0 cm³/mol. The number of nitrogens with zero attached hydrogens (tertiary/aromatic N) is 1. The molecule has 5 heteroatoms. The Morgan fingerprint density at radius 2 is 2.00 bits per heavy atom. The molecule has 3 rings (SSSR count). The van der Waals surface area contributed by atoms with Crippen LogP contribution in [0.3, 0.4) is 0 Å². The normalized spacial score (nSPS) is 25.4. The highest BCUT2D eigenvalue weighted by Crippen LogP contribution is 2.20. The van der Waals surface area contributed by atoms with Crippen LogP contribution in [0.4, 0.5) is 4.39 Å². The van der Waals surface area contributed by atoms with Gasteiger partial charge < -0.3 is 15.0 Å². The zero-order valence-corrected chi connectivity index (χ0v) is 11.3. The molecule has 0 radical (unpaired) electrons. The van der Waals surface area contributed by atoms with Gasteiger partial charge in [0, 0.05) is 25.2 Å². The Kier molecular flexibility index (Phi) is 3.87. The summed E-state index contributed by atoms with van der Waals surface area (Å²) in [6.45, 7) is 1.57. The first-order chi connectivity index (χ1) is 9.70. The number of hydrogen-bond acceptors (Lipinski definition) is 3. The first-order valence-corrected chi connectivity index (χ1v) is 7.13. The Bertz CT molecular complexity index is 477. The zero-order chi connectivity index (χ0) is 13.9. The van der Waals surface area contributed by atoms with Crippen molar-refractivity contribution in [3.05, 3.63) is 30.1 Å². The van der Waals surface area contributed by atoms with Crippen LogP contribution < -0.4 is 10.1 Å². The summed E-state index contributed by atoms with van der Waals surface area (Å²) in [4.78, 5) is 14.0. The molecular formula is C15H19FN2O2. The first-order valence-electron chi connectivity index (χ1n) is 7.13. The minimum absolute atomic E-state index is 0.00340. The highest BCUT2D eigenvalue weighted by molar-refractivity contribution is 5.77. The van der Waals surface area contributed by atoms with Crippen molar-refractivity contribution < 1.29 is 13.9 Å². The summed E-state index contributed by atoms with van der Waals surface area (Å²) in [7, 11) is 0. The van der Waals surface area contributed by atoms with Gasteiger partial charge >= 0.3 is 0 Å². The standard InChI is InChI=1S/C15H19FN2O2/c16-11-1-5-14(6-2-11)20-10-15(19)18-8-7-12-3-4-13(9-18)17-12/h1-2,5-6,12-13,17H,3-4,7-10H2. The number of carbonyl (C=O) groups excluding carboxylic acids is 1. The van der Waals surface area contributed by atoms with Crippen LogP contribution in [0.25, 0.3) is 0 Å². The van der Waals surface area contributed by atoms with Crippen LogP contribution in [0.5, 0.6) is 5.75 Å². The molecule has 2 bridgehead atoms. The maximum Gasteiger partial charge on any atom is 0.260 e. The average molecular weight is 278 g/mol.